The maximum absolute atomic E-state index is 15.6. The van der Waals surface area contributed by atoms with Gasteiger partial charge in [0.1, 0.15) is 0 Å². The Morgan fingerprint density at radius 2 is 1.00 bits per heavy atom. The topological polar surface area (TPSA) is 37.1 Å². The Bertz CT molecular complexity index is 560. The Hall–Kier alpha value is 0.590. The molecule has 1 aliphatic rings. The highest BCUT2D eigenvalue weighted by molar-refractivity contribution is 7.77. The summed E-state index contributed by atoms with van der Waals surface area (Å²) in [5.74, 6) is 0. The molecule has 1 unspecified atom stereocenters. The van der Waals surface area contributed by atoms with Crippen LogP contribution in [0.3, 0.4) is 0 Å². The molecule has 0 saturated heterocycles. The molecule has 0 aromatic rings. The highest BCUT2D eigenvalue weighted by atomic mass is 35.5. The Labute approximate surface area is 154 Å². The summed E-state index contributed by atoms with van der Waals surface area (Å²) in [5.41, 5.74) is 0. The van der Waals surface area contributed by atoms with Crippen molar-refractivity contribution in [1.82, 2.24) is 0 Å². The van der Waals surface area contributed by atoms with Crippen molar-refractivity contribution in [2.45, 2.75) is 59.3 Å². The van der Waals surface area contributed by atoms with Gasteiger partial charge in [-0.15, -0.1) is 34.5 Å². The first-order valence-electron chi connectivity index (χ1n) is 8.32. The molecular weight excluding hydrogens is 424 g/mol. The maximum Gasteiger partial charge on any atom is 0.445 e. The van der Waals surface area contributed by atoms with Gasteiger partial charge in [-0.05, 0) is 19.3 Å². The Morgan fingerprint density at radius 1 is 0.640 bits per heavy atom. The van der Waals surface area contributed by atoms with Crippen LogP contribution in [0.5, 0.6) is 0 Å². The van der Waals surface area contributed by atoms with Gasteiger partial charge in [0, 0.05) is 0 Å². The lowest BCUT2D eigenvalue weighted by Crippen LogP contribution is -3.00. The first-order chi connectivity index (χ1) is 11.1. The largest absolute Gasteiger partial charge is 1.00 e. The zero-order valence-corrected chi connectivity index (χ0v) is 18.2. The number of quaternary nitrogens is 1. The van der Waals surface area contributed by atoms with Gasteiger partial charge in [0.25, 0.3) is 0 Å². The van der Waals surface area contributed by atoms with Crippen molar-refractivity contribution in [2.75, 3.05) is 19.6 Å². The van der Waals surface area contributed by atoms with Crippen LogP contribution in [-0.2, 0) is 0 Å². The van der Waals surface area contributed by atoms with Gasteiger partial charge in [-0.2, -0.15) is 0 Å². The number of hydrogen-bond donors (Lipinski definition) is 0. The fraction of sp³-hybridized carbons (Fsp3) is 1.00. The minimum absolute atomic E-state index is 0. The van der Waals surface area contributed by atoms with Crippen molar-refractivity contribution >= 4 is 23.3 Å². The minimum atomic E-state index is -5.66. The summed E-state index contributed by atoms with van der Waals surface area (Å²) in [5, 5.41) is 0. The van der Waals surface area contributed by atoms with Gasteiger partial charge in [0.15, 0.2) is 0 Å². The summed E-state index contributed by atoms with van der Waals surface area (Å²) in [7, 11) is -16.1. The third kappa shape index (κ3) is 6.92. The molecule has 0 aromatic carbocycles. The van der Waals surface area contributed by atoms with Crippen LogP contribution in [0.2, 0.25) is 0 Å². The second kappa shape index (κ2) is 10.2. The van der Waals surface area contributed by atoms with Gasteiger partial charge >= 0.3 is 23.3 Å². The maximum atomic E-state index is 15.6. The molecule has 13 heteroatoms. The second-order valence-corrected chi connectivity index (χ2v) is 11.8. The average Bonchev–Trinajstić information content (AvgIpc) is 2.42. The molecule has 1 atom stereocenters. The van der Waals surface area contributed by atoms with E-state index in [1.165, 1.54) is 0 Å². The van der Waals surface area contributed by atoms with Crippen LogP contribution in [0.15, 0.2) is 13.5 Å². The van der Waals surface area contributed by atoms with Crippen LogP contribution in [0.25, 0.3) is 0 Å². The minimum Gasteiger partial charge on any atom is -1.00 e. The summed E-state index contributed by atoms with van der Waals surface area (Å²) >= 11 is 0. The molecule has 0 bridgehead atoms. The number of rotatable bonds is 10. The van der Waals surface area contributed by atoms with Gasteiger partial charge in [0.2, 0.25) is 0 Å². The third-order valence-electron chi connectivity index (χ3n) is 3.98. The number of unbranched alkanes of at least 4 members (excludes halogenated alkanes) is 3. The Morgan fingerprint density at radius 3 is 1.32 bits per heavy atom. The predicted molar refractivity (Wildman–Crippen MR) is 93.2 cm³/mol. The zero-order chi connectivity index (χ0) is 18.5. The average molecular weight is 451 g/mol. The normalized spacial score (nSPS) is 24.5. The summed E-state index contributed by atoms with van der Waals surface area (Å²) in [6.45, 7) is 6.33. The molecule has 4 nitrogen and oxygen atoms in total. The van der Waals surface area contributed by atoms with E-state index in [4.69, 9.17) is 0 Å². The molecular formula is C12H27ClF5N4P3. The van der Waals surface area contributed by atoms with E-state index in [9.17, 15) is 16.8 Å². The molecule has 1 heterocycles. The van der Waals surface area contributed by atoms with E-state index in [2.05, 4.69) is 13.5 Å². The molecule has 1 rings (SSSR count). The molecule has 152 valence electrons. The van der Waals surface area contributed by atoms with Gasteiger partial charge in [0.05, 0.1) is 19.6 Å². The molecule has 0 N–H and O–H groups in total. The van der Waals surface area contributed by atoms with Crippen LogP contribution < -0.4 is 12.4 Å². The van der Waals surface area contributed by atoms with E-state index in [1.54, 1.807) is 0 Å². The molecule has 0 amide bonds. The van der Waals surface area contributed by atoms with Gasteiger partial charge in [-0.1, -0.05) is 40.0 Å². The van der Waals surface area contributed by atoms with Crippen LogP contribution in [0.4, 0.5) is 21.0 Å². The van der Waals surface area contributed by atoms with Crippen molar-refractivity contribution in [3.05, 3.63) is 0 Å². The number of nitrogens with zero attached hydrogens (tertiary/aromatic N) is 4. The van der Waals surface area contributed by atoms with Crippen molar-refractivity contribution in [3.63, 3.8) is 0 Å². The number of hydrogen-bond acceptors (Lipinski definition) is 3. The van der Waals surface area contributed by atoms with E-state index >= 15 is 4.20 Å². The lowest BCUT2D eigenvalue weighted by atomic mass is 10.2. The first kappa shape index (κ1) is 25.6. The van der Waals surface area contributed by atoms with Crippen molar-refractivity contribution < 1.29 is 37.6 Å². The summed E-state index contributed by atoms with van der Waals surface area (Å²) in [6.07, 6.45) is 3.86. The zero-order valence-electron chi connectivity index (χ0n) is 14.8. The molecule has 0 spiro atoms. The fourth-order valence-corrected chi connectivity index (χ4v) is 9.87. The van der Waals surface area contributed by atoms with Gasteiger partial charge < -0.3 is 12.4 Å². The smallest absolute Gasteiger partial charge is 0.445 e. The van der Waals surface area contributed by atoms with E-state index in [1.807, 2.05) is 20.8 Å². The highest BCUT2D eigenvalue weighted by Gasteiger charge is 2.52. The molecule has 0 fully saturated rings. The fourth-order valence-electron chi connectivity index (χ4n) is 2.70. The lowest BCUT2D eigenvalue weighted by Gasteiger charge is -2.41. The van der Waals surface area contributed by atoms with Crippen molar-refractivity contribution in [3.8, 4) is 0 Å². The van der Waals surface area contributed by atoms with E-state index in [-0.39, 0.29) is 32.0 Å². The van der Waals surface area contributed by atoms with Gasteiger partial charge in [-0.3, -0.25) is 4.25 Å². The van der Waals surface area contributed by atoms with E-state index in [0.29, 0.717) is 19.3 Å². The van der Waals surface area contributed by atoms with E-state index < -0.39 is 27.6 Å². The van der Waals surface area contributed by atoms with Crippen molar-refractivity contribution in [1.29, 1.82) is 0 Å². The van der Waals surface area contributed by atoms with E-state index in [0.717, 1.165) is 19.3 Å². The molecule has 0 radical (unpaired) electrons. The lowest BCUT2D eigenvalue weighted by molar-refractivity contribution is -0.815. The van der Waals surface area contributed by atoms with Crippen LogP contribution >= 0.6 is 23.3 Å². The molecule has 25 heavy (non-hydrogen) atoms. The first-order valence-corrected chi connectivity index (χ1v) is 12.8. The van der Waals surface area contributed by atoms with Crippen LogP contribution in [-0.4, -0.2) is 23.9 Å². The molecule has 1 aliphatic heterocycles. The van der Waals surface area contributed by atoms with Crippen LogP contribution in [0, 0.1) is 0 Å². The summed E-state index contributed by atoms with van der Waals surface area (Å²) in [4.78, 5) is 0. The highest BCUT2D eigenvalue weighted by Crippen LogP contribution is 2.84. The SMILES string of the molecule is CCCC[N+](CCCC)(CCCC)P1(F)=NP(F)(F)=NP(F)(F)=N1.[Cl-]. The summed E-state index contributed by atoms with van der Waals surface area (Å²) < 4.78 is 78.3. The van der Waals surface area contributed by atoms with Gasteiger partial charge in [-0.25, -0.2) is 0 Å². The molecule has 0 aliphatic carbocycles. The van der Waals surface area contributed by atoms with Crippen molar-refractivity contribution in [2.24, 2.45) is 13.5 Å². The Kier molecular flexibility index (Phi) is 10.5. The standard InChI is InChI=1S/C12H27F5N4P3.ClH/c1-4-7-10-21(11-8-5-2,12-9-6-3)24(17)19-22(13,14)18-23(15,16)20-24;/h4-12H2,1-3H3;1H/q+1;/p-1. The molecule has 0 saturated carbocycles. The predicted octanol–water partition coefficient (Wildman–Crippen LogP) is 5.91. The Balaban J connectivity index is 0.00000576. The third-order valence-corrected chi connectivity index (χ3v) is 10.9. The molecule has 0 aromatic heterocycles. The second-order valence-electron chi connectivity index (χ2n) is 6.00. The quantitative estimate of drug-likeness (QED) is 0.293. The monoisotopic (exact) mass is 450 g/mol. The van der Waals surface area contributed by atoms with Crippen LogP contribution in [0.1, 0.15) is 59.3 Å². The number of halogens is 6. The summed E-state index contributed by atoms with van der Waals surface area (Å²) in [6, 6.07) is 0.